The molecule has 0 unspecified atom stereocenters. The highest BCUT2D eigenvalue weighted by Gasteiger charge is 2.46. The normalized spacial score (nSPS) is 17.4. The average molecular weight is 530 g/mol. The van der Waals surface area contributed by atoms with Crippen molar-refractivity contribution in [3.63, 3.8) is 0 Å². The Labute approximate surface area is 220 Å². The molecule has 2 heterocycles. The fourth-order valence-electron chi connectivity index (χ4n) is 4.58. The minimum absolute atomic E-state index is 0.125. The number of ketones is 1. The van der Waals surface area contributed by atoms with Crippen LogP contribution in [0.3, 0.4) is 0 Å². The van der Waals surface area contributed by atoms with Crippen LogP contribution in [0, 0.1) is 11.8 Å². The first-order chi connectivity index (χ1) is 18.0. The molecular formula is C26H35N5O7. The Morgan fingerprint density at radius 3 is 2.37 bits per heavy atom. The maximum Gasteiger partial charge on any atom is 0.437 e. The minimum Gasteiger partial charge on any atom is -0.452 e. The number of methoxy groups -OCH3 is 1. The maximum absolute atomic E-state index is 13.6. The van der Waals surface area contributed by atoms with Crippen molar-refractivity contribution in [2.45, 2.75) is 65.2 Å². The highest BCUT2D eigenvalue weighted by molar-refractivity contribution is 6.12. The molecule has 3 atom stereocenters. The SMILES string of the molecule is COC(=O)N(C(=O)[C@@H](N)C(C)C)C(=O)[C@@H]1CCCN1[C@H](C(=O)c1nn(Cc2ccccc2)c(=O)o1)C(C)C. The lowest BCUT2D eigenvalue weighted by molar-refractivity contribution is -0.146. The van der Waals surface area contributed by atoms with Gasteiger partial charge in [-0.15, -0.1) is 5.10 Å². The van der Waals surface area contributed by atoms with E-state index in [0.717, 1.165) is 17.4 Å². The fourth-order valence-corrected chi connectivity index (χ4v) is 4.58. The van der Waals surface area contributed by atoms with Gasteiger partial charge in [-0.05, 0) is 36.8 Å². The Morgan fingerprint density at radius 2 is 1.79 bits per heavy atom. The van der Waals surface area contributed by atoms with Crippen molar-refractivity contribution in [3.8, 4) is 0 Å². The molecule has 38 heavy (non-hydrogen) atoms. The number of carbonyl (C=O) groups excluding carboxylic acids is 4. The molecule has 2 aromatic rings. The van der Waals surface area contributed by atoms with Gasteiger partial charge in [0.25, 0.3) is 17.7 Å². The Morgan fingerprint density at radius 1 is 1.13 bits per heavy atom. The summed E-state index contributed by atoms with van der Waals surface area (Å²) in [6, 6.07) is 6.16. The molecule has 0 saturated carbocycles. The lowest BCUT2D eigenvalue weighted by atomic mass is 9.96. The Kier molecular flexibility index (Phi) is 9.34. The fraction of sp³-hybridized carbons (Fsp3) is 0.538. The van der Waals surface area contributed by atoms with Crippen molar-refractivity contribution in [3.05, 3.63) is 52.3 Å². The first kappa shape index (κ1) is 28.9. The van der Waals surface area contributed by atoms with Crippen LogP contribution in [-0.2, 0) is 20.9 Å². The van der Waals surface area contributed by atoms with E-state index in [2.05, 4.69) is 5.10 Å². The highest BCUT2D eigenvalue weighted by atomic mass is 16.5. The molecule has 1 aromatic carbocycles. The van der Waals surface area contributed by atoms with Gasteiger partial charge in [0.05, 0.1) is 31.8 Å². The number of aromatic nitrogens is 2. The number of benzene rings is 1. The van der Waals surface area contributed by atoms with Gasteiger partial charge >= 0.3 is 11.8 Å². The van der Waals surface area contributed by atoms with E-state index in [1.165, 1.54) is 0 Å². The standard InChI is InChI=1S/C26H35N5O7/c1-15(2)19(27)24(34)31(26(36)37-5)23(33)18-12-9-13-29(18)20(16(3)4)21(32)22-28-30(25(35)38-22)14-17-10-7-6-8-11-17/h6-8,10-11,15-16,18-20H,9,12-14,27H2,1-5H3/t18-,19-,20-/m0/s1. The van der Waals surface area contributed by atoms with Gasteiger partial charge in [0.15, 0.2) is 0 Å². The number of carbonyl (C=O) groups is 4. The molecule has 206 valence electrons. The summed E-state index contributed by atoms with van der Waals surface area (Å²) < 4.78 is 11.0. The lowest BCUT2D eigenvalue weighted by Gasteiger charge is -2.35. The molecule has 1 saturated heterocycles. The molecule has 12 heteroatoms. The number of amides is 3. The van der Waals surface area contributed by atoms with Crippen molar-refractivity contribution in [2.24, 2.45) is 17.6 Å². The number of nitrogens with zero attached hydrogens (tertiary/aromatic N) is 4. The number of rotatable bonds is 9. The first-order valence-electron chi connectivity index (χ1n) is 12.6. The molecule has 0 radical (unpaired) electrons. The number of hydrogen-bond acceptors (Lipinski definition) is 10. The van der Waals surface area contributed by atoms with E-state index in [1.54, 1.807) is 32.6 Å². The topological polar surface area (TPSA) is 158 Å². The van der Waals surface area contributed by atoms with Crippen molar-refractivity contribution in [1.29, 1.82) is 0 Å². The Hall–Kier alpha value is -3.64. The van der Waals surface area contributed by atoms with Gasteiger partial charge < -0.3 is 14.9 Å². The summed E-state index contributed by atoms with van der Waals surface area (Å²) in [6.07, 6.45) is -0.293. The predicted molar refractivity (Wildman–Crippen MR) is 136 cm³/mol. The quantitative estimate of drug-likeness (QED) is 0.474. The van der Waals surface area contributed by atoms with Crippen LogP contribution in [0.1, 0.15) is 56.8 Å². The van der Waals surface area contributed by atoms with Crippen LogP contribution in [0.25, 0.3) is 0 Å². The van der Waals surface area contributed by atoms with Gasteiger partial charge in [0.1, 0.15) is 0 Å². The van der Waals surface area contributed by atoms with E-state index < -0.39 is 47.6 Å². The number of ether oxygens (including phenoxy) is 1. The highest BCUT2D eigenvalue weighted by Crippen LogP contribution is 2.28. The van der Waals surface area contributed by atoms with E-state index in [0.29, 0.717) is 24.3 Å². The van der Waals surface area contributed by atoms with Gasteiger partial charge in [-0.25, -0.2) is 9.59 Å². The van der Waals surface area contributed by atoms with Crippen molar-refractivity contribution < 1.29 is 28.3 Å². The van der Waals surface area contributed by atoms with Crippen LogP contribution in [0.2, 0.25) is 0 Å². The summed E-state index contributed by atoms with van der Waals surface area (Å²) in [7, 11) is 1.07. The molecule has 3 amide bonds. The van der Waals surface area contributed by atoms with Crippen LogP contribution in [0.15, 0.2) is 39.5 Å². The first-order valence-corrected chi connectivity index (χ1v) is 12.6. The molecule has 0 aliphatic carbocycles. The van der Waals surface area contributed by atoms with Crippen molar-refractivity contribution >= 4 is 23.7 Å². The van der Waals surface area contributed by atoms with Crippen LogP contribution in [0.5, 0.6) is 0 Å². The molecule has 1 aliphatic rings. The Balaban J connectivity index is 1.90. The van der Waals surface area contributed by atoms with Crippen molar-refractivity contribution in [1.82, 2.24) is 19.6 Å². The molecule has 2 N–H and O–H groups in total. The lowest BCUT2D eigenvalue weighted by Crippen LogP contribution is -2.58. The monoisotopic (exact) mass is 529 g/mol. The summed E-state index contributed by atoms with van der Waals surface area (Å²) in [6.45, 7) is 7.45. The minimum atomic E-state index is -1.14. The number of likely N-dealkylation sites (tertiary alicyclic amines) is 1. The summed E-state index contributed by atoms with van der Waals surface area (Å²) in [4.78, 5) is 67.1. The van der Waals surface area contributed by atoms with E-state index in [-0.39, 0.29) is 24.3 Å². The Bertz CT molecular complexity index is 1220. The summed E-state index contributed by atoms with van der Waals surface area (Å²) in [5.74, 6) is -4.06. The van der Waals surface area contributed by atoms with Crippen LogP contribution in [0.4, 0.5) is 4.79 Å². The summed E-state index contributed by atoms with van der Waals surface area (Å²) in [5.41, 5.74) is 6.76. The second-order valence-electron chi connectivity index (χ2n) is 10.0. The molecule has 1 aromatic heterocycles. The predicted octanol–water partition coefficient (Wildman–Crippen LogP) is 1.66. The van der Waals surface area contributed by atoms with E-state index in [1.807, 2.05) is 30.3 Å². The number of Topliss-reactive ketones (excluding diaryl/α,β-unsaturated/α-hetero) is 1. The third kappa shape index (κ3) is 6.08. The number of nitrogens with two attached hydrogens (primary N) is 1. The van der Waals surface area contributed by atoms with Gasteiger partial charge in [0.2, 0.25) is 5.78 Å². The molecule has 12 nitrogen and oxygen atoms in total. The third-order valence-corrected chi connectivity index (χ3v) is 6.63. The van der Waals surface area contributed by atoms with Gasteiger partial charge in [-0.3, -0.25) is 19.3 Å². The molecule has 1 fully saturated rings. The number of imide groups is 3. The zero-order chi connectivity index (χ0) is 28.1. The molecule has 0 bridgehead atoms. The van der Waals surface area contributed by atoms with E-state index in [9.17, 15) is 24.0 Å². The zero-order valence-electron chi connectivity index (χ0n) is 22.3. The molecule has 0 spiro atoms. The maximum atomic E-state index is 13.6. The third-order valence-electron chi connectivity index (χ3n) is 6.63. The van der Waals surface area contributed by atoms with Crippen LogP contribution >= 0.6 is 0 Å². The second-order valence-corrected chi connectivity index (χ2v) is 10.0. The van der Waals surface area contributed by atoms with E-state index >= 15 is 0 Å². The zero-order valence-corrected chi connectivity index (χ0v) is 22.3. The smallest absolute Gasteiger partial charge is 0.437 e. The second kappa shape index (κ2) is 12.3. The van der Waals surface area contributed by atoms with Crippen molar-refractivity contribution in [2.75, 3.05) is 13.7 Å². The van der Waals surface area contributed by atoms with Crippen LogP contribution < -0.4 is 11.5 Å². The van der Waals surface area contributed by atoms with Gasteiger partial charge in [-0.1, -0.05) is 58.0 Å². The van der Waals surface area contributed by atoms with Gasteiger partial charge in [-0.2, -0.15) is 9.58 Å². The molecule has 3 rings (SSSR count). The van der Waals surface area contributed by atoms with Gasteiger partial charge in [0, 0.05) is 0 Å². The van der Waals surface area contributed by atoms with E-state index in [4.69, 9.17) is 14.9 Å². The largest absolute Gasteiger partial charge is 0.452 e. The molecular weight excluding hydrogens is 494 g/mol. The number of hydrogen-bond donors (Lipinski definition) is 1. The summed E-state index contributed by atoms with van der Waals surface area (Å²) in [5, 5.41) is 4.12. The van der Waals surface area contributed by atoms with Crippen LogP contribution in [-0.4, -0.2) is 75.1 Å². The average Bonchev–Trinajstić information content (AvgIpc) is 3.50. The summed E-state index contributed by atoms with van der Waals surface area (Å²) >= 11 is 0. The molecule has 1 aliphatic heterocycles.